The van der Waals surface area contributed by atoms with Gasteiger partial charge in [0.2, 0.25) is 11.8 Å². The van der Waals surface area contributed by atoms with Gasteiger partial charge in [0.1, 0.15) is 5.75 Å². The van der Waals surface area contributed by atoms with Crippen LogP contribution >= 0.6 is 0 Å². The van der Waals surface area contributed by atoms with Gasteiger partial charge in [0, 0.05) is 56.8 Å². The van der Waals surface area contributed by atoms with Crippen LogP contribution in [0.25, 0.3) is 0 Å². The van der Waals surface area contributed by atoms with Gasteiger partial charge in [-0.25, -0.2) is 0 Å². The van der Waals surface area contributed by atoms with E-state index in [1.807, 2.05) is 47.4 Å². The summed E-state index contributed by atoms with van der Waals surface area (Å²) in [6, 6.07) is 15.5. The maximum absolute atomic E-state index is 13.3. The minimum absolute atomic E-state index is 0.0233. The highest BCUT2D eigenvalue weighted by molar-refractivity contribution is 5.96. The van der Waals surface area contributed by atoms with Gasteiger partial charge in [0.15, 0.2) is 0 Å². The Morgan fingerprint density at radius 2 is 1.83 bits per heavy atom. The van der Waals surface area contributed by atoms with E-state index in [-0.39, 0.29) is 24.3 Å². The summed E-state index contributed by atoms with van der Waals surface area (Å²) < 4.78 is 6.15. The molecule has 0 saturated carbocycles. The molecule has 0 unspecified atom stereocenters. The SMILES string of the molecule is O=C1CN(Cc2ccccc2)Cc2c(cccc2C(=O)NCCN2CCCC2=O)OCCCCCN1. The van der Waals surface area contributed by atoms with Crippen molar-refractivity contribution >= 4 is 17.7 Å². The highest BCUT2D eigenvalue weighted by Gasteiger charge is 2.22. The molecule has 2 N–H and O–H groups in total. The van der Waals surface area contributed by atoms with Crippen LogP contribution in [0.15, 0.2) is 48.5 Å². The predicted octanol–water partition coefficient (Wildman–Crippen LogP) is 2.72. The van der Waals surface area contributed by atoms with Gasteiger partial charge < -0.3 is 20.3 Å². The zero-order chi connectivity index (χ0) is 25.2. The Morgan fingerprint density at radius 3 is 2.64 bits per heavy atom. The van der Waals surface area contributed by atoms with Gasteiger partial charge in [-0.1, -0.05) is 36.4 Å². The third kappa shape index (κ3) is 7.31. The number of fused-ring (bicyclic) bond motifs is 1. The summed E-state index contributed by atoms with van der Waals surface area (Å²) in [7, 11) is 0. The standard InChI is InChI=1S/C28H36N4O4/c33-26-21-31(19-22-9-3-1-4-10-22)20-24-23(28(35)30-15-17-32-16-8-13-27(32)34)11-7-12-25(24)36-18-6-2-5-14-29-26/h1,3-4,7,9-12H,2,5-6,8,13-21H2,(H,29,33)(H,30,35). The quantitative estimate of drug-likeness (QED) is 0.647. The summed E-state index contributed by atoms with van der Waals surface area (Å²) in [6.45, 7) is 4.05. The van der Waals surface area contributed by atoms with Crippen LogP contribution in [0, 0.1) is 0 Å². The molecule has 4 rings (SSSR count). The summed E-state index contributed by atoms with van der Waals surface area (Å²) >= 11 is 0. The lowest BCUT2D eigenvalue weighted by molar-refractivity contribution is -0.127. The first kappa shape index (κ1) is 25.7. The molecular formula is C28H36N4O4. The van der Waals surface area contributed by atoms with Gasteiger partial charge in [-0.2, -0.15) is 0 Å². The molecule has 1 saturated heterocycles. The first-order valence-electron chi connectivity index (χ1n) is 12.9. The van der Waals surface area contributed by atoms with E-state index in [1.54, 1.807) is 11.0 Å². The number of likely N-dealkylation sites (tertiary alicyclic amines) is 1. The first-order valence-corrected chi connectivity index (χ1v) is 12.9. The van der Waals surface area contributed by atoms with Crippen LogP contribution < -0.4 is 15.4 Å². The normalized spacial score (nSPS) is 17.7. The van der Waals surface area contributed by atoms with Gasteiger partial charge >= 0.3 is 0 Å². The summed E-state index contributed by atoms with van der Waals surface area (Å²) in [5.41, 5.74) is 2.40. The van der Waals surface area contributed by atoms with Crippen LogP contribution in [0.2, 0.25) is 0 Å². The number of hydrogen-bond donors (Lipinski definition) is 2. The van der Waals surface area contributed by atoms with Crippen molar-refractivity contribution in [2.75, 3.05) is 39.3 Å². The smallest absolute Gasteiger partial charge is 0.251 e. The van der Waals surface area contributed by atoms with Crippen molar-refractivity contribution in [1.82, 2.24) is 20.4 Å². The average Bonchev–Trinajstić information content (AvgIpc) is 3.29. The molecule has 0 aliphatic carbocycles. The van der Waals surface area contributed by atoms with E-state index in [4.69, 9.17) is 4.74 Å². The summed E-state index contributed by atoms with van der Waals surface area (Å²) in [4.78, 5) is 41.7. The van der Waals surface area contributed by atoms with Crippen LogP contribution in [0.4, 0.5) is 0 Å². The molecule has 36 heavy (non-hydrogen) atoms. The van der Waals surface area contributed by atoms with Crippen molar-refractivity contribution in [2.45, 2.75) is 45.2 Å². The molecule has 3 amide bonds. The maximum atomic E-state index is 13.3. The third-order valence-corrected chi connectivity index (χ3v) is 6.62. The first-order chi connectivity index (χ1) is 17.6. The number of rotatable bonds is 6. The Labute approximate surface area is 213 Å². The fourth-order valence-electron chi connectivity index (χ4n) is 4.72. The highest BCUT2D eigenvalue weighted by Crippen LogP contribution is 2.26. The second-order valence-corrected chi connectivity index (χ2v) is 9.41. The van der Waals surface area contributed by atoms with Gasteiger partial charge in [0.25, 0.3) is 5.91 Å². The average molecular weight is 493 g/mol. The van der Waals surface area contributed by atoms with E-state index in [9.17, 15) is 14.4 Å². The molecule has 2 aliphatic heterocycles. The molecule has 0 bridgehead atoms. The Bertz CT molecular complexity index is 1040. The van der Waals surface area contributed by atoms with E-state index in [0.717, 1.165) is 43.4 Å². The highest BCUT2D eigenvalue weighted by atomic mass is 16.5. The lowest BCUT2D eigenvalue weighted by atomic mass is 10.0. The van der Waals surface area contributed by atoms with Crippen molar-refractivity contribution in [2.24, 2.45) is 0 Å². The number of nitrogens with one attached hydrogen (secondary N) is 2. The molecule has 2 aliphatic rings. The minimum Gasteiger partial charge on any atom is -0.493 e. The van der Waals surface area contributed by atoms with E-state index in [1.165, 1.54) is 0 Å². The van der Waals surface area contributed by atoms with E-state index in [0.29, 0.717) is 57.1 Å². The van der Waals surface area contributed by atoms with Gasteiger partial charge in [-0.05, 0) is 43.4 Å². The van der Waals surface area contributed by atoms with E-state index < -0.39 is 0 Å². The van der Waals surface area contributed by atoms with Crippen molar-refractivity contribution in [3.05, 3.63) is 65.2 Å². The van der Waals surface area contributed by atoms with Crippen LogP contribution in [-0.4, -0.2) is 66.9 Å². The molecule has 2 aromatic carbocycles. The topological polar surface area (TPSA) is 91.0 Å². The summed E-state index contributed by atoms with van der Waals surface area (Å²) in [5.74, 6) is 0.600. The molecule has 0 aromatic heterocycles. The number of hydrogen-bond acceptors (Lipinski definition) is 5. The number of ether oxygens (including phenoxy) is 1. The van der Waals surface area contributed by atoms with Crippen molar-refractivity contribution in [3.63, 3.8) is 0 Å². The molecule has 0 radical (unpaired) electrons. The number of carbonyl (C=O) groups excluding carboxylic acids is 3. The fraction of sp³-hybridized carbons (Fsp3) is 0.464. The van der Waals surface area contributed by atoms with E-state index >= 15 is 0 Å². The van der Waals surface area contributed by atoms with Gasteiger partial charge in [0.05, 0.1) is 13.2 Å². The summed E-state index contributed by atoms with van der Waals surface area (Å²) in [5, 5.41) is 6.00. The lowest BCUT2D eigenvalue weighted by Gasteiger charge is -2.25. The monoisotopic (exact) mass is 492 g/mol. The number of benzene rings is 2. The molecule has 8 heteroatoms. The third-order valence-electron chi connectivity index (χ3n) is 6.62. The molecule has 1 fully saturated rings. The summed E-state index contributed by atoms with van der Waals surface area (Å²) in [6.07, 6.45) is 4.20. The number of carbonyl (C=O) groups is 3. The van der Waals surface area contributed by atoms with Crippen LogP contribution in [0.5, 0.6) is 5.75 Å². The second-order valence-electron chi connectivity index (χ2n) is 9.41. The van der Waals surface area contributed by atoms with Gasteiger partial charge in [-0.3, -0.25) is 19.3 Å². The zero-order valence-electron chi connectivity index (χ0n) is 20.8. The Balaban J connectivity index is 1.55. The Hall–Kier alpha value is -3.39. The van der Waals surface area contributed by atoms with Gasteiger partial charge in [-0.15, -0.1) is 0 Å². The molecule has 8 nitrogen and oxygen atoms in total. The number of amides is 3. The fourth-order valence-corrected chi connectivity index (χ4v) is 4.72. The second kappa shape index (κ2) is 13.1. The predicted molar refractivity (Wildman–Crippen MR) is 138 cm³/mol. The molecule has 0 atom stereocenters. The van der Waals surface area contributed by atoms with Crippen LogP contribution in [0.3, 0.4) is 0 Å². The zero-order valence-corrected chi connectivity index (χ0v) is 20.8. The van der Waals surface area contributed by atoms with Crippen molar-refractivity contribution in [1.29, 1.82) is 0 Å². The maximum Gasteiger partial charge on any atom is 0.251 e. The Morgan fingerprint density at radius 1 is 0.972 bits per heavy atom. The molecule has 0 spiro atoms. The van der Waals surface area contributed by atoms with Crippen LogP contribution in [0.1, 0.15) is 53.6 Å². The van der Waals surface area contributed by atoms with Crippen molar-refractivity contribution in [3.8, 4) is 5.75 Å². The Kier molecular flexibility index (Phi) is 9.33. The lowest BCUT2D eigenvalue weighted by Crippen LogP contribution is -2.38. The molecule has 2 aromatic rings. The van der Waals surface area contributed by atoms with E-state index in [2.05, 4.69) is 10.6 Å². The number of nitrogens with zero attached hydrogens (tertiary/aromatic N) is 2. The molecule has 2 heterocycles. The minimum atomic E-state index is -0.199. The van der Waals surface area contributed by atoms with Crippen LogP contribution in [-0.2, 0) is 22.7 Å². The molecule has 192 valence electrons. The van der Waals surface area contributed by atoms with Crippen molar-refractivity contribution < 1.29 is 19.1 Å². The largest absolute Gasteiger partial charge is 0.493 e. The molecular weight excluding hydrogens is 456 g/mol.